The number of alkyl halides is 1. The van der Waals surface area contributed by atoms with Crippen LogP contribution in [-0.2, 0) is 4.43 Å². The molecule has 1 N–H and O–H groups in total. The molecule has 0 aromatic heterocycles. The van der Waals surface area contributed by atoms with Gasteiger partial charge in [0.2, 0.25) is 0 Å². The zero-order valence-corrected chi connectivity index (χ0v) is 11.7. The summed E-state index contributed by atoms with van der Waals surface area (Å²) in [6, 6.07) is 6.52. The van der Waals surface area contributed by atoms with Gasteiger partial charge in [-0.15, -0.1) is 0 Å². The van der Waals surface area contributed by atoms with Crippen molar-refractivity contribution in [2.75, 3.05) is 38.2 Å². The van der Waals surface area contributed by atoms with Crippen molar-refractivity contribution in [3.05, 3.63) is 23.8 Å². The van der Waals surface area contributed by atoms with Gasteiger partial charge in [-0.3, -0.25) is 0 Å². The fraction of sp³-hybridized carbons (Fsp3) is 0.500. The van der Waals surface area contributed by atoms with Gasteiger partial charge < -0.3 is 15.0 Å². The van der Waals surface area contributed by atoms with E-state index in [-0.39, 0.29) is 0 Å². The Bertz CT molecular complexity index is 351. The first-order chi connectivity index (χ1) is 7.85. The lowest BCUT2D eigenvalue weighted by molar-refractivity contribution is 0.411. The van der Waals surface area contributed by atoms with Crippen molar-refractivity contribution in [2.45, 2.75) is 4.43 Å². The number of methoxy groups -OCH3 is 1. The molecule has 0 bridgehead atoms. The zero-order valence-electron chi connectivity index (χ0n) is 9.50. The Morgan fingerprint density at radius 2 is 2.12 bits per heavy atom. The van der Waals surface area contributed by atoms with E-state index in [4.69, 9.17) is 4.74 Å². The van der Waals surface area contributed by atoms with Crippen LogP contribution >= 0.6 is 22.6 Å². The molecule has 1 saturated heterocycles. The summed E-state index contributed by atoms with van der Waals surface area (Å²) in [5, 5.41) is 3.36. The molecule has 2 rings (SSSR count). The Morgan fingerprint density at radius 3 is 2.75 bits per heavy atom. The van der Waals surface area contributed by atoms with Crippen LogP contribution in [0.5, 0.6) is 5.75 Å². The second-order valence-corrected chi connectivity index (χ2v) is 4.63. The molecular formula is C12H17IN2O. The summed E-state index contributed by atoms with van der Waals surface area (Å²) in [6.45, 7) is 4.28. The number of ether oxygens (including phenoxy) is 1. The maximum atomic E-state index is 5.42. The van der Waals surface area contributed by atoms with Gasteiger partial charge in [0.1, 0.15) is 5.75 Å². The van der Waals surface area contributed by atoms with Gasteiger partial charge in [-0.1, -0.05) is 28.7 Å². The summed E-state index contributed by atoms with van der Waals surface area (Å²) in [6.07, 6.45) is 0. The fourth-order valence-electron chi connectivity index (χ4n) is 1.96. The molecule has 4 heteroatoms. The number of hydrogen-bond acceptors (Lipinski definition) is 3. The molecule has 16 heavy (non-hydrogen) atoms. The van der Waals surface area contributed by atoms with Crippen molar-refractivity contribution >= 4 is 28.3 Å². The van der Waals surface area contributed by atoms with Crippen LogP contribution in [0.25, 0.3) is 0 Å². The van der Waals surface area contributed by atoms with E-state index in [1.54, 1.807) is 7.11 Å². The molecule has 0 aliphatic carbocycles. The van der Waals surface area contributed by atoms with Crippen LogP contribution in [0.3, 0.4) is 0 Å². The van der Waals surface area contributed by atoms with Crippen molar-refractivity contribution in [1.29, 1.82) is 0 Å². The van der Waals surface area contributed by atoms with Crippen LogP contribution in [0, 0.1) is 0 Å². The van der Waals surface area contributed by atoms with Crippen LogP contribution < -0.4 is 15.0 Å². The lowest BCUT2D eigenvalue weighted by atomic mass is 10.2. The first-order valence-electron chi connectivity index (χ1n) is 5.53. The minimum absolute atomic E-state index is 0.989. The number of nitrogens with one attached hydrogen (secondary N) is 1. The standard InChI is InChI=1S/C12H17IN2O/c1-16-12-8-11(3-2-10(12)9-13)15-6-4-14-5-7-15/h2-3,8,14H,4-7,9H2,1H3. The predicted molar refractivity (Wildman–Crippen MR) is 75.8 cm³/mol. The van der Waals surface area contributed by atoms with E-state index >= 15 is 0 Å². The third-order valence-corrected chi connectivity index (χ3v) is 3.72. The van der Waals surface area contributed by atoms with E-state index in [1.165, 1.54) is 11.3 Å². The molecule has 0 radical (unpaired) electrons. The van der Waals surface area contributed by atoms with E-state index in [0.29, 0.717) is 0 Å². The van der Waals surface area contributed by atoms with Gasteiger partial charge in [0, 0.05) is 47.9 Å². The van der Waals surface area contributed by atoms with Crippen LogP contribution in [0.4, 0.5) is 5.69 Å². The molecule has 1 aliphatic rings. The summed E-state index contributed by atoms with van der Waals surface area (Å²) in [7, 11) is 1.74. The van der Waals surface area contributed by atoms with Gasteiger partial charge in [0.25, 0.3) is 0 Å². The molecule has 1 aromatic carbocycles. The number of rotatable bonds is 3. The molecule has 88 valence electrons. The smallest absolute Gasteiger partial charge is 0.124 e. The fourth-order valence-corrected chi connectivity index (χ4v) is 2.59. The minimum atomic E-state index is 0.989. The molecule has 0 amide bonds. The van der Waals surface area contributed by atoms with E-state index < -0.39 is 0 Å². The van der Waals surface area contributed by atoms with Crippen LogP contribution in [0.15, 0.2) is 18.2 Å². The maximum absolute atomic E-state index is 5.42. The van der Waals surface area contributed by atoms with Gasteiger partial charge in [0.05, 0.1) is 7.11 Å². The zero-order chi connectivity index (χ0) is 11.4. The molecule has 0 atom stereocenters. The topological polar surface area (TPSA) is 24.5 Å². The normalized spacial score (nSPS) is 16.2. The Morgan fingerprint density at radius 1 is 1.38 bits per heavy atom. The Kier molecular flexibility index (Phi) is 4.29. The highest BCUT2D eigenvalue weighted by molar-refractivity contribution is 14.1. The summed E-state index contributed by atoms with van der Waals surface area (Å²) in [4.78, 5) is 2.40. The van der Waals surface area contributed by atoms with E-state index in [1.807, 2.05) is 0 Å². The summed E-state index contributed by atoms with van der Waals surface area (Å²) < 4.78 is 6.41. The highest BCUT2D eigenvalue weighted by Gasteiger charge is 2.12. The van der Waals surface area contributed by atoms with Crippen molar-refractivity contribution in [2.24, 2.45) is 0 Å². The first-order valence-corrected chi connectivity index (χ1v) is 7.06. The second kappa shape index (κ2) is 5.72. The van der Waals surface area contributed by atoms with Gasteiger partial charge in [0.15, 0.2) is 0 Å². The monoisotopic (exact) mass is 332 g/mol. The SMILES string of the molecule is COc1cc(N2CCNCC2)ccc1CI. The lowest BCUT2D eigenvalue weighted by Gasteiger charge is -2.29. The summed E-state index contributed by atoms with van der Waals surface area (Å²) in [5.41, 5.74) is 2.54. The first kappa shape index (κ1) is 12.0. The number of hydrogen-bond donors (Lipinski definition) is 1. The summed E-state index contributed by atoms with van der Waals surface area (Å²) in [5.74, 6) is 1.01. The third-order valence-electron chi connectivity index (χ3n) is 2.90. The van der Waals surface area contributed by atoms with Crippen molar-refractivity contribution in [1.82, 2.24) is 5.32 Å². The van der Waals surface area contributed by atoms with Gasteiger partial charge in [-0.2, -0.15) is 0 Å². The highest BCUT2D eigenvalue weighted by atomic mass is 127. The van der Waals surface area contributed by atoms with Gasteiger partial charge in [-0.05, 0) is 6.07 Å². The number of benzene rings is 1. The van der Waals surface area contributed by atoms with Gasteiger partial charge in [-0.25, -0.2) is 0 Å². The Labute approximate surface area is 110 Å². The molecule has 1 heterocycles. The number of nitrogens with zero attached hydrogens (tertiary/aromatic N) is 1. The number of anilines is 1. The summed E-state index contributed by atoms with van der Waals surface area (Å²) >= 11 is 2.36. The maximum Gasteiger partial charge on any atom is 0.124 e. The minimum Gasteiger partial charge on any atom is -0.496 e. The number of piperazine rings is 1. The molecule has 1 fully saturated rings. The van der Waals surface area contributed by atoms with Crippen molar-refractivity contribution in [3.8, 4) is 5.75 Å². The average molecular weight is 332 g/mol. The van der Waals surface area contributed by atoms with Gasteiger partial charge >= 0.3 is 0 Å². The van der Waals surface area contributed by atoms with Crippen molar-refractivity contribution < 1.29 is 4.74 Å². The third kappa shape index (κ3) is 2.60. The van der Waals surface area contributed by atoms with Crippen LogP contribution in [-0.4, -0.2) is 33.3 Å². The Balaban J connectivity index is 2.20. The van der Waals surface area contributed by atoms with E-state index in [0.717, 1.165) is 36.4 Å². The second-order valence-electron chi connectivity index (χ2n) is 3.87. The van der Waals surface area contributed by atoms with Crippen LogP contribution in [0.2, 0.25) is 0 Å². The van der Waals surface area contributed by atoms with E-state index in [9.17, 15) is 0 Å². The van der Waals surface area contributed by atoms with Crippen molar-refractivity contribution in [3.63, 3.8) is 0 Å². The predicted octanol–water partition coefficient (Wildman–Crippen LogP) is 2.04. The molecule has 1 aromatic rings. The molecular weight excluding hydrogens is 315 g/mol. The molecule has 0 spiro atoms. The number of halogens is 1. The molecule has 0 saturated carbocycles. The Hall–Kier alpha value is -0.490. The average Bonchev–Trinajstić information content (AvgIpc) is 2.39. The largest absolute Gasteiger partial charge is 0.496 e. The quantitative estimate of drug-likeness (QED) is 0.677. The molecule has 3 nitrogen and oxygen atoms in total. The molecule has 1 aliphatic heterocycles. The molecule has 0 unspecified atom stereocenters. The van der Waals surface area contributed by atoms with E-state index in [2.05, 4.69) is 51.0 Å². The van der Waals surface area contributed by atoms with Crippen LogP contribution in [0.1, 0.15) is 5.56 Å². The lowest BCUT2D eigenvalue weighted by Crippen LogP contribution is -2.43. The highest BCUT2D eigenvalue weighted by Crippen LogP contribution is 2.27.